The van der Waals surface area contributed by atoms with Gasteiger partial charge >= 0.3 is 16.4 Å². The van der Waals surface area contributed by atoms with Crippen molar-refractivity contribution in [2.75, 3.05) is 6.61 Å². The molecular formula is C10H16N2O5S. The van der Waals surface area contributed by atoms with Crippen LogP contribution in [0.5, 0.6) is 0 Å². The summed E-state index contributed by atoms with van der Waals surface area (Å²) in [5.74, 6) is 0. The van der Waals surface area contributed by atoms with Gasteiger partial charge in [-0.2, -0.15) is 18.0 Å². The number of nitrogens with zero attached hydrogens (tertiary/aromatic N) is 2. The van der Waals surface area contributed by atoms with Crippen molar-refractivity contribution in [3.63, 3.8) is 0 Å². The van der Waals surface area contributed by atoms with Crippen LogP contribution in [0, 0.1) is 11.3 Å². The molecule has 1 amide bonds. The second-order valence-corrected chi connectivity index (χ2v) is 6.62. The molecule has 1 fully saturated rings. The van der Waals surface area contributed by atoms with Crippen LogP contribution in [-0.4, -0.2) is 36.6 Å². The van der Waals surface area contributed by atoms with E-state index in [2.05, 4.69) is 4.18 Å². The molecule has 0 aliphatic carbocycles. The van der Waals surface area contributed by atoms with Gasteiger partial charge in [0, 0.05) is 6.42 Å². The highest BCUT2D eigenvalue weighted by atomic mass is 32.2. The number of ether oxygens (including phenoxy) is 1. The highest BCUT2D eigenvalue weighted by Gasteiger charge is 2.49. The van der Waals surface area contributed by atoms with Gasteiger partial charge in [0.15, 0.2) is 0 Å². The van der Waals surface area contributed by atoms with Crippen LogP contribution in [0.15, 0.2) is 0 Å². The molecule has 1 heterocycles. The lowest BCUT2D eigenvalue weighted by Gasteiger charge is -2.38. The lowest BCUT2D eigenvalue weighted by Crippen LogP contribution is -2.57. The van der Waals surface area contributed by atoms with Crippen molar-refractivity contribution in [3.05, 3.63) is 0 Å². The van der Waals surface area contributed by atoms with E-state index in [1.165, 1.54) is 6.92 Å². The molecule has 0 bridgehead atoms. The molecule has 7 nitrogen and oxygen atoms in total. The molecule has 0 radical (unpaired) electrons. The molecule has 8 heteroatoms. The third-order valence-corrected chi connectivity index (χ3v) is 3.76. The summed E-state index contributed by atoms with van der Waals surface area (Å²) < 4.78 is 33.4. The zero-order chi connectivity index (χ0) is 14.2. The van der Waals surface area contributed by atoms with Crippen LogP contribution < -0.4 is 0 Å². The highest BCUT2D eigenvalue weighted by molar-refractivity contribution is 7.85. The number of hydrogen-bond acceptors (Lipinski definition) is 6. The van der Waals surface area contributed by atoms with Crippen molar-refractivity contribution in [2.45, 2.75) is 45.3 Å². The van der Waals surface area contributed by atoms with Gasteiger partial charge in [0.2, 0.25) is 0 Å². The summed E-state index contributed by atoms with van der Waals surface area (Å²) in [4.78, 5) is 11.9. The van der Waals surface area contributed by atoms with E-state index in [0.29, 0.717) is 4.31 Å². The van der Waals surface area contributed by atoms with Crippen LogP contribution in [-0.2, 0) is 19.2 Å². The summed E-state index contributed by atoms with van der Waals surface area (Å²) in [6.45, 7) is 6.03. The predicted octanol–water partition coefficient (Wildman–Crippen LogP) is 1.17. The fraction of sp³-hybridized carbons (Fsp3) is 0.800. The van der Waals surface area contributed by atoms with Gasteiger partial charge in [0.1, 0.15) is 11.1 Å². The van der Waals surface area contributed by atoms with Crippen molar-refractivity contribution in [3.8, 4) is 6.07 Å². The molecule has 1 aliphatic rings. The minimum Gasteiger partial charge on any atom is -0.443 e. The Balaban J connectivity index is 3.14. The minimum absolute atomic E-state index is 0.0992. The Labute approximate surface area is 107 Å². The van der Waals surface area contributed by atoms with Crippen molar-refractivity contribution in [1.82, 2.24) is 4.31 Å². The first-order valence-electron chi connectivity index (χ1n) is 5.36. The summed E-state index contributed by atoms with van der Waals surface area (Å²) in [6.07, 6.45) is -1.01. The minimum atomic E-state index is -4.28. The summed E-state index contributed by atoms with van der Waals surface area (Å²) >= 11 is 0. The van der Waals surface area contributed by atoms with E-state index < -0.39 is 27.5 Å². The predicted molar refractivity (Wildman–Crippen MR) is 61.6 cm³/mol. The molecule has 1 aliphatic heterocycles. The van der Waals surface area contributed by atoms with E-state index in [-0.39, 0.29) is 13.0 Å². The maximum Gasteiger partial charge on any atom is 0.427 e. The SMILES string of the molecule is CC(C)(C)OC(=O)N1C(C)(C#N)CCOS1(=O)=O. The average Bonchev–Trinajstić information content (AvgIpc) is 2.12. The van der Waals surface area contributed by atoms with Gasteiger partial charge in [-0.05, 0) is 27.7 Å². The van der Waals surface area contributed by atoms with E-state index in [0.717, 1.165) is 0 Å². The van der Waals surface area contributed by atoms with E-state index in [1.807, 2.05) is 6.07 Å². The van der Waals surface area contributed by atoms with E-state index in [1.54, 1.807) is 20.8 Å². The van der Waals surface area contributed by atoms with Crippen LogP contribution in [0.4, 0.5) is 4.79 Å². The molecule has 0 N–H and O–H groups in total. The molecule has 0 aromatic heterocycles. The fourth-order valence-electron chi connectivity index (χ4n) is 1.44. The Hall–Kier alpha value is -1.33. The first-order chi connectivity index (χ1) is 8.02. The number of hydrogen-bond donors (Lipinski definition) is 0. The molecule has 1 rings (SSSR count). The number of amides is 1. The Morgan fingerprint density at radius 1 is 1.50 bits per heavy atom. The number of rotatable bonds is 0. The van der Waals surface area contributed by atoms with Gasteiger partial charge in [0.25, 0.3) is 0 Å². The quantitative estimate of drug-likeness (QED) is 0.659. The van der Waals surface area contributed by atoms with Crippen molar-refractivity contribution in [1.29, 1.82) is 5.26 Å². The largest absolute Gasteiger partial charge is 0.443 e. The van der Waals surface area contributed by atoms with Crippen LogP contribution in [0.25, 0.3) is 0 Å². The number of carbonyl (C=O) groups excluding carboxylic acids is 1. The van der Waals surface area contributed by atoms with Gasteiger partial charge in [-0.25, -0.2) is 4.79 Å². The third kappa shape index (κ3) is 2.91. The summed E-state index contributed by atoms with van der Waals surface area (Å²) in [5, 5.41) is 9.08. The van der Waals surface area contributed by atoms with Crippen LogP contribution in [0.2, 0.25) is 0 Å². The maximum absolute atomic E-state index is 11.9. The van der Waals surface area contributed by atoms with Crippen LogP contribution >= 0.6 is 0 Å². The zero-order valence-corrected chi connectivity index (χ0v) is 11.6. The summed E-state index contributed by atoms with van der Waals surface area (Å²) in [6, 6.07) is 1.82. The molecular weight excluding hydrogens is 260 g/mol. The van der Waals surface area contributed by atoms with Gasteiger partial charge in [-0.1, -0.05) is 0 Å². The van der Waals surface area contributed by atoms with Gasteiger partial charge < -0.3 is 4.74 Å². The Bertz CT molecular complexity index is 487. The first-order valence-corrected chi connectivity index (χ1v) is 6.72. The third-order valence-electron chi connectivity index (χ3n) is 2.29. The first kappa shape index (κ1) is 14.7. The van der Waals surface area contributed by atoms with E-state index in [9.17, 15) is 13.2 Å². The molecule has 1 saturated heterocycles. The Kier molecular flexibility index (Phi) is 3.60. The highest BCUT2D eigenvalue weighted by Crippen LogP contribution is 2.30. The topological polar surface area (TPSA) is 96.7 Å². The Morgan fingerprint density at radius 2 is 2.06 bits per heavy atom. The second-order valence-electron chi connectivity index (χ2n) is 5.16. The lowest BCUT2D eigenvalue weighted by atomic mass is 10.0. The van der Waals surface area contributed by atoms with Crippen molar-refractivity contribution in [2.24, 2.45) is 0 Å². The molecule has 1 unspecified atom stereocenters. The number of carbonyl (C=O) groups is 1. The van der Waals surface area contributed by atoms with Crippen molar-refractivity contribution < 1.29 is 22.1 Å². The van der Waals surface area contributed by atoms with Gasteiger partial charge in [-0.3, -0.25) is 4.18 Å². The van der Waals surface area contributed by atoms with E-state index >= 15 is 0 Å². The molecule has 0 aromatic carbocycles. The monoisotopic (exact) mass is 276 g/mol. The van der Waals surface area contributed by atoms with Crippen LogP contribution in [0.3, 0.4) is 0 Å². The van der Waals surface area contributed by atoms with Crippen LogP contribution in [0.1, 0.15) is 34.1 Å². The Morgan fingerprint density at radius 3 is 2.50 bits per heavy atom. The van der Waals surface area contributed by atoms with Crippen molar-refractivity contribution >= 4 is 16.4 Å². The molecule has 0 saturated carbocycles. The summed E-state index contributed by atoms with van der Waals surface area (Å²) in [5.41, 5.74) is -2.35. The zero-order valence-electron chi connectivity index (χ0n) is 10.8. The molecule has 102 valence electrons. The smallest absolute Gasteiger partial charge is 0.427 e. The summed E-state index contributed by atoms with van der Waals surface area (Å²) in [7, 11) is -4.28. The molecule has 0 aromatic rings. The average molecular weight is 276 g/mol. The molecule has 1 atom stereocenters. The van der Waals surface area contributed by atoms with Gasteiger partial charge in [-0.15, -0.1) is 0 Å². The van der Waals surface area contributed by atoms with Gasteiger partial charge in [0.05, 0.1) is 12.7 Å². The lowest BCUT2D eigenvalue weighted by molar-refractivity contribution is 0.0194. The second kappa shape index (κ2) is 4.40. The normalized spacial score (nSPS) is 27.4. The fourth-order valence-corrected chi connectivity index (χ4v) is 2.69. The number of nitriles is 1. The van der Waals surface area contributed by atoms with E-state index in [4.69, 9.17) is 10.00 Å². The maximum atomic E-state index is 11.9. The molecule has 18 heavy (non-hydrogen) atoms. The standard InChI is InChI=1S/C10H16N2O5S/c1-9(2,3)17-8(13)12-10(4,7-11)5-6-16-18(12,14)15/h5-6H2,1-4H3. The molecule has 0 spiro atoms.